The van der Waals surface area contributed by atoms with Crippen molar-refractivity contribution in [1.82, 2.24) is 4.90 Å². The van der Waals surface area contributed by atoms with Crippen molar-refractivity contribution in [3.8, 4) is 0 Å². The number of carbonyl (C=O) groups is 1. The van der Waals surface area contributed by atoms with E-state index < -0.39 is 11.0 Å². The topological polar surface area (TPSA) is 43.9 Å². The zero-order valence-corrected chi connectivity index (χ0v) is 20.1. The van der Waals surface area contributed by atoms with Crippen LogP contribution < -0.4 is 9.21 Å². The van der Waals surface area contributed by atoms with Crippen molar-refractivity contribution in [2.45, 2.75) is 44.9 Å². The van der Waals surface area contributed by atoms with Crippen LogP contribution in [0.1, 0.15) is 40.2 Å². The Hall–Kier alpha value is -2.34. The third-order valence-corrected chi connectivity index (χ3v) is 6.57. The molecule has 30 heavy (non-hydrogen) atoms. The van der Waals surface area contributed by atoms with Gasteiger partial charge in [0.25, 0.3) is 0 Å². The van der Waals surface area contributed by atoms with Crippen LogP contribution >= 0.6 is 0 Å². The Kier molecular flexibility index (Phi) is 8.07. The average Bonchev–Trinajstić information content (AvgIpc) is 2.72. The summed E-state index contributed by atoms with van der Waals surface area (Å²) in [7, 11) is 2.43. The zero-order valence-electron chi connectivity index (χ0n) is 19.3. The molecule has 6 heteroatoms. The van der Waals surface area contributed by atoms with Gasteiger partial charge in [-0.1, -0.05) is 39.0 Å². The fourth-order valence-electron chi connectivity index (χ4n) is 3.17. The van der Waals surface area contributed by atoms with Crippen molar-refractivity contribution in [3.63, 3.8) is 0 Å². The van der Waals surface area contributed by atoms with Gasteiger partial charge in [0, 0.05) is 32.9 Å². The maximum Gasteiger partial charge on any atom is 0.243 e. The second-order valence-electron chi connectivity index (χ2n) is 8.54. The van der Waals surface area contributed by atoms with E-state index in [0.29, 0.717) is 18.0 Å². The van der Waals surface area contributed by atoms with Crippen LogP contribution in [0.5, 0.6) is 0 Å². The smallest absolute Gasteiger partial charge is 0.243 e. The predicted octanol–water partition coefficient (Wildman–Crippen LogP) is 4.45. The van der Waals surface area contributed by atoms with E-state index in [9.17, 15) is 9.00 Å². The molecule has 164 valence electrons. The quantitative estimate of drug-likeness (QED) is 0.623. The van der Waals surface area contributed by atoms with E-state index in [4.69, 9.17) is 0 Å². The minimum absolute atomic E-state index is 0.0263. The molecule has 2 aromatic rings. The molecular weight excluding hydrogens is 394 g/mol. The molecule has 1 atom stereocenters. The molecule has 5 nitrogen and oxygen atoms in total. The highest BCUT2D eigenvalue weighted by molar-refractivity contribution is 7.86. The first-order valence-corrected chi connectivity index (χ1v) is 11.5. The minimum atomic E-state index is -1.50. The van der Waals surface area contributed by atoms with Crippen LogP contribution in [0.3, 0.4) is 0 Å². The largest absolute Gasteiger partial charge is 0.378 e. The number of amides is 1. The second-order valence-corrected chi connectivity index (χ2v) is 9.95. The number of carbonyl (C=O) groups excluding carboxylic acids is 1. The van der Waals surface area contributed by atoms with Crippen molar-refractivity contribution in [3.05, 3.63) is 54.1 Å². The summed E-state index contributed by atoms with van der Waals surface area (Å²) >= 11 is 0. The molecule has 0 spiro atoms. The van der Waals surface area contributed by atoms with Gasteiger partial charge in [0.15, 0.2) is 11.0 Å². The van der Waals surface area contributed by atoms with Gasteiger partial charge in [-0.2, -0.15) is 0 Å². The molecular formula is C24H35N3O2S. The molecule has 0 heterocycles. The van der Waals surface area contributed by atoms with Gasteiger partial charge >= 0.3 is 0 Å². The lowest BCUT2D eigenvalue weighted by Gasteiger charge is -2.28. The first-order valence-electron chi connectivity index (χ1n) is 10.4. The van der Waals surface area contributed by atoms with Crippen molar-refractivity contribution in [1.29, 1.82) is 0 Å². The fourth-order valence-corrected chi connectivity index (χ4v) is 4.33. The normalized spacial score (nSPS) is 12.4. The summed E-state index contributed by atoms with van der Waals surface area (Å²) in [6.07, 6.45) is 0. The van der Waals surface area contributed by atoms with E-state index in [1.54, 1.807) is 9.21 Å². The Morgan fingerprint density at radius 3 is 2.00 bits per heavy atom. The van der Waals surface area contributed by atoms with Gasteiger partial charge < -0.3 is 9.80 Å². The van der Waals surface area contributed by atoms with Crippen LogP contribution in [0.25, 0.3) is 0 Å². The number of benzene rings is 2. The summed E-state index contributed by atoms with van der Waals surface area (Å²) in [5.41, 5.74) is 2.97. The van der Waals surface area contributed by atoms with Gasteiger partial charge in [0.1, 0.15) is 6.54 Å². The van der Waals surface area contributed by atoms with Gasteiger partial charge in [-0.15, -0.1) is 0 Å². The standard InChI is InChI=1S/C24H35N3O2S/c1-8-26(9-2)23(28)18-27(21-12-10-11-20(17-21)25(6)7)30(29)22-15-13-19(14-16-22)24(3,4)5/h10-17H,8-9,18H2,1-7H3. The minimum Gasteiger partial charge on any atom is -0.378 e. The van der Waals surface area contributed by atoms with Gasteiger partial charge in [-0.05, 0) is 55.2 Å². The highest BCUT2D eigenvalue weighted by Crippen LogP contribution is 2.27. The first kappa shape index (κ1) is 23.9. The van der Waals surface area contributed by atoms with Gasteiger partial charge in [-0.25, -0.2) is 4.21 Å². The highest BCUT2D eigenvalue weighted by Gasteiger charge is 2.23. The Labute approximate surface area is 184 Å². The van der Waals surface area contributed by atoms with Crippen LogP contribution in [0, 0.1) is 0 Å². The van der Waals surface area contributed by atoms with Crippen LogP contribution in [-0.4, -0.2) is 48.7 Å². The van der Waals surface area contributed by atoms with Crippen LogP contribution in [-0.2, 0) is 21.2 Å². The molecule has 0 radical (unpaired) electrons. The number of nitrogens with zero attached hydrogens (tertiary/aromatic N) is 3. The summed E-state index contributed by atoms with van der Waals surface area (Å²) < 4.78 is 15.3. The third kappa shape index (κ3) is 5.85. The monoisotopic (exact) mass is 429 g/mol. The molecule has 0 aliphatic carbocycles. The molecule has 0 N–H and O–H groups in total. The molecule has 2 aromatic carbocycles. The third-order valence-electron chi connectivity index (χ3n) is 5.15. The summed E-state index contributed by atoms with van der Waals surface area (Å²) in [4.78, 5) is 17.3. The van der Waals surface area contributed by atoms with Crippen molar-refractivity contribution >= 4 is 28.3 Å². The Bertz CT molecular complexity index is 869. The number of hydrogen-bond acceptors (Lipinski definition) is 3. The Morgan fingerprint density at radius 2 is 1.50 bits per heavy atom. The molecule has 0 saturated heterocycles. The predicted molar refractivity (Wildman–Crippen MR) is 128 cm³/mol. The molecule has 1 amide bonds. The molecule has 0 saturated carbocycles. The molecule has 0 fully saturated rings. The van der Waals surface area contributed by atoms with Crippen LogP contribution in [0.2, 0.25) is 0 Å². The highest BCUT2D eigenvalue weighted by atomic mass is 32.2. The van der Waals surface area contributed by atoms with Gasteiger partial charge in [0.2, 0.25) is 5.91 Å². The van der Waals surface area contributed by atoms with E-state index in [1.807, 2.05) is 81.4 Å². The van der Waals surface area contributed by atoms with E-state index >= 15 is 0 Å². The first-order chi connectivity index (χ1) is 14.1. The van der Waals surface area contributed by atoms with Gasteiger partial charge in [0.05, 0.1) is 10.6 Å². The molecule has 0 aromatic heterocycles. The summed E-state index contributed by atoms with van der Waals surface area (Å²) in [6.45, 7) is 11.7. The zero-order chi connectivity index (χ0) is 22.5. The van der Waals surface area contributed by atoms with Crippen LogP contribution in [0.4, 0.5) is 11.4 Å². The molecule has 0 aliphatic heterocycles. The Balaban J connectivity index is 2.43. The number of rotatable bonds is 8. The Morgan fingerprint density at radius 1 is 0.933 bits per heavy atom. The molecule has 1 unspecified atom stereocenters. The molecule has 0 aliphatic rings. The lowest BCUT2D eigenvalue weighted by atomic mass is 9.87. The van der Waals surface area contributed by atoms with E-state index in [1.165, 1.54) is 5.56 Å². The van der Waals surface area contributed by atoms with Gasteiger partial charge in [-0.3, -0.25) is 9.10 Å². The molecule has 0 bridgehead atoms. The number of likely N-dealkylation sites (N-methyl/N-ethyl adjacent to an activating group) is 1. The van der Waals surface area contributed by atoms with Crippen LogP contribution in [0.15, 0.2) is 53.4 Å². The SMILES string of the molecule is CCN(CC)C(=O)CN(c1cccc(N(C)C)c1)S(=O)c1ccc(C(C)(C)C)cc1. The number of hydrogen-bond donors (Lipinski definition) is 0. The second kappa shape index (κ2) is 10.1. The van der Waals surface area contributed by atoms with E-state index in [0.717, 1.165) is 11.4 Å². The lowest BCUT2D eigenvalue weighted by molar-refractivity contribution is -0.129. The fraction of sp³-hybridized carbons (Fsp3) is 0.458. The lowest BCUT2D eigenvalue weighted by Crippen LogP contribution is -2.41. The van der Waals surface area contributed by atoms with Crippen molar-refractivity contribution < 1.29 is 9.00 Å². The maximum absolute atomic E-state index is 13.6. The van der Waals surface area contributed by atoms with E-state index in [-0.39, 0.29) is 17.9 Å². The summed E-state index contributed by atoms with van der Waals surface area (Å²) in [6, 6.07) is 15.7. The van der Waals surface area contributed by atoms with Crippen molar-refractivity contribution in [2.75, 3.05) is 42.9 Å². The molecule has 2 rings (SSSR count). The summed E-state index contributed by atoms with van der Waals surface area (Å²) in [5, 5.41) is 0. The van der Waals surface area contributed by atoms with Crippen molar-refractivity contribution in [2.24, 2.45) is 0 Å². The number of anilines is 2. The average molecular weight is 430 g/mol. The maximum atomic E-state index is 13.6. The van der Waals surface area contributed by atoms with E-state index in [2.05, 4.69) is 20.8 Å². The summed E-state index contributed by atoms with van der Waals surface area (Å²) in [5.74, 6) is -0.0325.